The average molecular weight is 150 g/mol. The van der Waals surface area contributed by atoms with Crippen molar-refractivity contribution in [2.24, 2.45) is 0 Å². The fourth-order valence-electron chi connectivity index (χ4n) is 0.925. The molecule has 11 heavy (non-hydrogen) atoms. The Morgan fingerprint density at radius 2 is 2.45 bits per heavy atom. The number of carbonyl (C=O) groups is 1. The predicted octanol–water partition coefficient (Wildman–Crippen LogP) is 1.04. The minimum atomic E-state index is 0.532. The van der Waals surface area contributed by atoms with Gasteiger partial charge in [0, 0.05) is 5.56 Å². The van der Waals surface area contributed by atoms with Crippen LogP contribution in [0.15, 0.2) is 12.3 Å². The highest BCUT2D eigenvalue weighted by molar-refractivity contribution is 5.78. The zero-order chi connectivity index (χ0) is 8.27. The van der Waals surface area contributed by atoms with Crippen molar-refractivity contribution in [3.05, 3.63) is 23.5 Å². The lowest BCUT2D eigenvalue weighted by molar-refractivity contribution is 0.112. The van der Waals surface area contributed by atoms with E-state index in [-0.39, 0.29) is 0 Å². The Hall–Kier alpha value is -1.38. The quantitative estimate of drug-likeness (QED) is 0.641. The molecule has 58 valence electrons. The summed E-state index contributed by atoms with van der Waals surface area (Å²) in [6.07, 6.45) is 3.10. The predicted molar refractivity (Wildman–Crippen MR) is 43.4 cm³/mol. The van der Waals surface area contributed by atoms with Gasteiger partial charge in [0.1, 0.15) is 0 Å². The number of carbonyl (C=O) groups excluding carboxylic acids is 1. The van der Waals surface area contributed by atoms with Crippen LogP contribution < -0.4 is 5.73 Å². The maximum absolute atomic E-state index is 10.4. The molecule has 0 radical (unpaired) electrons. The molecule has 0 saturated carbocycles. The summed E-state index contributed by atoms with van der Waals surface area (Å²) in [5, 5.41) is 0. The van der Waals surface area contributed by atoms with Crippen molar-refractivity contribution in [2.45, 2.75) is 13.3 Å². The van der Waals surface area contributed by atoms with Crippen LogP contribution in [0.3, 0.4) is 0 Å². The van der Waals surface area contributed by atoms with E-state index >= 15 is 0 Å². The first-order valence-corrected chi connectivity index (χ1v) is 3.47. The van der Waals surface area contributed by atoms with Crippen molar-refractivity contribution >= 4 is 12.0 Å². The lowest BCUT2D eigenvalue weighted by Crippen LogP contribution is -1.97. The summed E-state index contributed by atoms with van der Waals surface area (Å²) in [7, 11) is 0. The fourth-order valence-corrected chi connectivity index (χ4v) is 0.925. The van der Waals surface area contributed by atoms with E-state index in [1.807, 2.05) is 6.92 Å². The number of nitrogens with zero attached hydrogens (tertiary/aromatic N) is 1. The smallest absolute Gasteiger partial charge is 0.151 e. The van der Waals surface area contributed by atoms with E-state index in [0.29, 0.717) is 11.3 Å². The van der Waals surface area contributed by atoms with Crippen molar-refractivity contribution < 1.29 is 4.79 Å². The van der Waals surface area contributed by atoms with Crippen molar-refractivity contribution in [3.63, 3.8) is 0 Å². The van der Waals surface area contributed by atoms with Gasteiger partial charge in [0.15, 0.2) is 6.29 Å². The average Bonchev–Trinajstić information content (AvgIpc) is 2.04. The molecule has 3 nitrogen and oxygen atoms in total. The van der Waals surface area contributed by atoms with Gasteiger partial charge in [0.05, 0.1) is 17.6 Å². The number of nitrogens with two attached hydrogens (primary N) is 1. The second-order valence-electron chi connectivity index (χ2n) is 2.28. The van der Waals surface area contributed by atoms with Crippen LogP contribution in [0.4, 0.5) is 5.69 Å². The number of nitrogen functional groups attached to an aromatic ring is 1. The standard InChI is InChI=1S/C8H10N2O/c1-2-8-6(5-11)3-7(9)4-10-8/h3-5H,2,9H2,1H3. The Kier molecular flexibility index (Phi) is 2.21. The lowest BCUT2D eigenvalue weighted by Gasteiger charge is -1.99. The second-order valence-corrected chi connectivity index (χ2v) is 2.28. The molecule has 0 aliphatic rings. The number of aryl methyl sites for hydroxylation is 1. The Balaban J connectivity index is 3.16. The minimum absolute atomic E-state index is 0.532. The third-order valence-corrected chi connectivity index (χ3v) is 1.49. The van der Waals surface area contributed by atoms with E-state index in [0.717, 1.165) is 18.4 Å². The molecule has 3 heteroatoms. The summed E-state index contributed by atoms with van der Waals surface area (Å²) in [6.45, 7) is 1.95. The third kappa shape index (κ3) is 1.55. The largest absolute Gasteiger partial charge is 0.397 e. The van der Waals surface area contributed by atoms with Crippen LogP contribution in [0, 0.1) is 0 Å². The maximum Gasteiger partial charge on any atom is 0.151 e. The maximum atomic E-state index is 10.4. The van der Waals surface area contributed by atoms with Crippen molar-refractivity contribution in [1.29, 1.82) is 0 Å². The van der Waals surface area contributed by atoms with Gasteiger partial charge in [-0.15, -0.1) is 0 Å². The molecule has 0 unspecified atom stereocenters. The van der Waals surface area contributed by atoms with E-state index in [1.54, 1.807) is 12.3 Å². The van der Waals surface area contributed by atoms with E-state index in [1.165, 1.54) is 0 Å². The third-order valence-electron chi connectivity index (χ3n) is 1.49. The molecular weight excluding hydrogens is 140 g/mol. The summed E-state index contributed by atoms with van der Waals surface area (Å²) in [6, 6.07) is 1.64. The van der Waals surface area contributed by atoms with Gasteiger partial charge in [-0.1, -0.05) is 6.92 Å². The SMILES string of the molecule is CCc1ncc(N)cc1C=O. The summed E-state index contributed by atoms with van der Waals surface area (Å²) >= 11 is 0. The molecule has 0 aliphatic carbocycles. The van der Waals surface area contributed by atoms with Crippen molar-refractivity contribution in [2.75, 3.05) is 5.73 Å². The Labute approximate surface area is 65.2 Å². The van der Waals surface area contributed by atoms with Gasteiger partial charge in [0.2, 0.25) is 0 Å². The number of hydrogen-bond donors (Lipinski definition) is 1. The number of anilines is 1. The van der Waals surface area contributed by atoms with Gasteiger partial charge in [-0.3, -0.25) is 9.78 Å². The van der Waals surface area contributed by atoms with E-state index in [4.69, 9.17) is 5.73 Å². The molecule has 2 N–H and O–H groups in total. The first-order chi connectivity index (χ1) is 5.27. The normalized spacial score (nSPS) is 9.55. The first kappa shape index (κ1) is 7.72. The monoisotopic (exact) mass is 150 g/mol. The molecule has 1 heterocycles. The van der Waals surface area contributed by atoms with Gasteiger partial charge in [0.25, 0.3) is 0 Å². The van der Waals surface area contributed by atoms with Crippen LogP contribution in [0.5, 0.6) is 0 Å². The van der Waals surface area contributed by atoms with E-state index in [9.17, 15) is 4.79 Å². The second kappa shape index (κ2) is 3.14. The summed E-state index contributed by atoms with van der Waals surface area (Å²) in [4.78, 5) is 14.5. The van der Waals surface area contributed by atoms with Crippen LogP contribution in [-0.4, -0.2) is 11.3 Å². The molecule has 0 spiro atoms. The molecule has 1 rings (SSSR count). The number of pyridine rings is 1. The van der Waals surface area contributed by atoms with Gasteiger partial charge in [-0.05, 0) is 12.5 Å². The molecule has 0 fully saturated rings. The Morgan fingerprint density at radius 3 is 3.00 bits per heavy atom. The van der Waals surface area contributed by atoms with Crippen LogP contribution >= 0.6 is 0 Å². The molecule has 0 amide bonds. The summed E-state index contributed by atoms with van der Waals surface area (Å²) in [5.74, 6) is 0. The van der Waals surface area contributed by atoms with Crippen LogP contribution in [0.1, 0.15) is 23.0 Å². The minimum Gasteiger partial charge on any atom is -0.397 e. The van der Waals surface area contributed by atoms with E-state index < -0.39 is 0 Å². The van der Waals surface area contributed by atoms with Gasteiger partial charge in [-0.2, -0.15) is 0 Å². The topological polar surface area (TPSA) is 56.0 Å². The van der Waals surface area contributed by atoms with Crippen molar-refractivity contribution in [3.8, 4) is 0 Å². The summed E-state index contributed by atoms with van der Waals surface area (Å²) < 4.78 is 0. The molecule has 1 aromatic rings. The Bertz CT molecular complexity index is 271. The zero-order valence-corrected chi connectivity index (χ0v) is 6.37. The van der Waals surface area contributed by atoms with E-state index in [2.05, 4.69) is 4.98 Å². The van der Waals surface area contributed by atoms with Gasteiger partial charge >= 0.3 is 0 Å². The highest BCUT2D eigenvalue weighted by atomic mass is 16.1. The zero-order valence-electron chi connectivity index (χ0n) is 6.37. The summed E-state index contributed by atoms with van der Waals surface area (Å²) in [5.41, 5.74) is 7.36. The highest BCUT2D eigenvalue weighted by Crippen LogP contribution is 2.07. The van der Waals surface area contributed by atoms with Crippen LogP contribution in [0.25, 0.3) is 0 Å². The number of aromatic nitrogens is 1. The Morgan fingerprint density at radius 1 is 1.73 bits per heavy atom. The molecule has 0 aliphatic heterocycles. The molecule has 0 saturated heterocycles. The van der Waals surface area contributed by atoms with Gasteiger partial charge < -0.3 is 5.73 Å². The van der Waals surface area contributed by atoms with Crippen molar-refractivity contribution in [1.82, 2.24) is 4.98 Å². The lowest BCUT2D eigenvalue weighted by atomic mass is 10.1. The number of rotatable bonds is 2. The van der Waals surface area contributed by atoms with Crippen LogP contribution in [0.2, 0.25) is 0 Å². The van der Waals surface area contributed by atoms with Crippen LogP contribution in [-0.2, 0) is 6.42 Å². The highest BCUT2D eigenvalue weighted by Gasteiger charge is 1.99. The number of aldehydes is 1. The molecular formula is C8H10N2O. The molecule has 1 aromatic heterocycles. The fraction of sp³-hybridized carbons (Fsp3) is 0.250. The molecule has 0 bridgehead atoms. The molecule has 0 aromatic carbocycles. The van der Waals surface area contributed by atoms with Gasteiger partial charge in [-0.25, -0.2) is 0 Å². The first-order valence-electron chi connectivity index (χ1n) is 3.47. The number of hydrogen-bond acceptors (Lipinski definition) is 3. The molecule has 0 atom stereocenters.